The quantitative estimate of drug-likeness (QED) is 0.539. The SMILES string of the molecule is CN=C(NCC(C)CN1CCCC1)NCC1(C(=O)N(C)C)CCCC1. The molecule has 0 aromatic heterocycles. The monoisotopic (exact) mass is 351 g/mol. The van der Waals surface area contributed by atoms with E-state index in [2.05, 4.69) is 27.4 Å². The van der Waals surface area contributed by atoms with Crippen molar-refractivity contribution in [1.82, 2.24) is 20.4 Å². The summed E-state index contributed by atoms with van der Waals surface area (Å²) in [6.07, 6.45) is 6.90. The van der Waals surface area contributed by atoms with E-state index in [4.69, 9.17) is 0 Å². The van der Waals surface area contributed by atoms with E-state index < -0.39 is 0 Å². The minimum atomic E-state index is -0.262. The lowest BCUT2D eigenvalue weighted by molar-refractivity contribution is -0.138. The number of likely N-dealkylation sites (tertiary alicyclic amines) is 1. The summed E-state index contributed by atoms with van der Waals surface area (Å²) in [6.45, 7) is 7.49. The number of nitrogens with one attached hydrogen (secondary N) is 2. The summed E-state index contributed by atoms with van der Waals surface area (Å²) < 4.78 is 0. The van der Waals surface area contributed by atoms with Gasteiger partial charge in [0.2, 0.25) is 5.91 Å². The van der Waals surface area contributed by atoms with Crippen molar-refractivity contribution in [3.8, 4) is 0 Å². The summed E-state index contributed by atoms with van der Waals surface area (Å²) in [6, 6.07) is 0. The molecule has 2 rings (SSSR count). The van der Waals surface area contributed by atoms with Gasteiger partial charge < -0.3 is 20.4 Å². The third-order valence-corrected chi connectivity index (χ3v) is 5.62. The van der Waals surface area contributed by atoms with Crippen molar-refractivity contribution in [3.63, 3.8) is 0 Å². The number of rotatable bonds is 7. The summed E-state index contributed by atoms with van der Waals surface area (Å²) in [4.78, 5) is 21.3. The van der Waals surface area contributed by atoms with Crippen molar-refractivity contribution < 1.29 is 4.79 Å². The summed E-state index contributed by atoms with van der Waals surface area (Å²) in [5.41, 5.74) is -0.262. The molecule has 2 fully saturated rings. The molecule has 1 unspecified atom stereocenters. The highest BCUT2D eigenvalue weighted by Gasteiger charge is 2.42. The zero-order chi connectivity index (χ0) is 18.3. The second-order valence-corrected chi connectivity index (χ2v) is 8.11. The van der Waals surface area contributed by atoms with Gasteiger partial charge in [0.1, 0.15) is 0 Å². The Bertz CT molecular complexity index is 451. The van der Waals surface area contributed by atoms with Crippen LogP contribution in [0.3, 0.4) is 0 Å². The fourth-order valence-corrected chi connectivity index (χ4v) is 4.21. The Kier molecular flexibility index (Phi) is 7.54. The summed E-state index contributed by atoms with van der Waals surface area (Å²) in [5, 5.41) is 6.85. The molecule has 0 aromatic carbocycles. The van der Waals surface area contributed by atoms with Crippen LogP contribution in [0.25, 0.3) is 0 Å². The topological polar surface area (TPSA) is 60.0 Å². The highest BCUT2D eigenvalue weighted by Crippen LogP contribution is 2.38. The predicted molar refractivity (Wildman–Crippen MR) is 104 cm³/mol. The van der Waals surface area contributed by atoms with Crippen LogP contribution in [0.1, 0.15) is 45.4 Å². The minimum absolute atomic E-state index is 0.246. The summed E-state index contributed by atoms with van der Waals surface area (Å²) in [7, 11) is 5.51. The molecular weight excluding hydrogens is 314 g/mol. The van der Waals surface area contributed by atoms with Crippen LogP contribution in [0, 0.1) is 11.3 Å². The summed E-state index contributed by atoms with van der Waals surface area (Å²) in [5.74, 6) is 1.64. The lowest BCUT2D eigenvalue weighted by Crippen LogP contribution is -2.49. The Morgan fingerprint density at radius 2 is 1.80 bits per heavy atom. The van der Waals surface area contributed by atoms with E-state index in [1.54, 1.807) is 11.9 Å². The zero-order valence-electron chi connectivity index (χ0n) is 16.6. The van der Waals surface area contributed by atoms with E-state index in [-0.39, 0.29) is 11.3 Å². The molecule has 0 radical (unpaired) electrons. The molecule has 0 spiro atoms. The maximum absolute atomic E-state index is 12.6. The fourth-order valence-electron chi connectivity index (χ4n) is 4.21. The molecule has 1 saturated heterocycles. The molecular formula is C19H37N5O. The van der Waals surface area contributed by atoms with Gasteiger partial charge in [-0.2, -0.15) is 0 Å². The third-order valence-electron chi connectivity index (χ3n) is 5.62. The van der Waals surface area contributed by atoms with Crippen LogP contribution < -0.4 is 10.6 Å². The van der Waals surface area contributed by atoms with Crippen LogP contribution in [0.15, 0.2) is 4.99 Å². The van der Waals surface area contributed by atoms with Gasteiger partial charge in [-0.3, -0.25) is 9.79 Å². The van der Waals surface area contributed by atoms with Gasteiger partial charge >= 0.3 is 0 Å². The van der Waals surface area contributed by atoms with Gasteiger partial charge in [0.05, 0.1) is 5.41 Å². The second kappa shape index (κ2) is 9.41. The highest BCUT2D eigenvalue weighted by atomic mass is 16.2. The minimum Gasteiger partial charge on any atom is -0.356 e. The molecule has 1 heterocycles. The van der Waals surface area contributed by atoms with Gasteiger partial charge in [0.15, 0.2) is 5.96 Å². The van der Waals surface area contributed by atoms with Crippen molar-refractivity contribution in [2.75, 3.05) is 53.9 Å². The molecule has 6 nitrogen and oxygen atoms in total. The molecule has 1 aliphatic heterocycles. The van der Waals surface area contributed by atoms with Gasteiger partial charge in [-0.1, -0.05) is 19.8 Å². The maximum Gasteiger partial charge on any atom is 0.230 e. The van der Waals surface area contributed by atoms with Crippen LogP contribution in [0.4, 0.5) is 0 Å². The number of carbonyl (C=O) groups excluding carboxylic acids is 1. The first kappa shape index (κ1) is 20.0. The molecule has 0 aromatic rings. The average molecular weight is 352 g/mol. The van der Waals surface area contributed by atoms with Gasteiger partial charge in [-0.15, -0.1) is 0 Å². The maximum atomic E-state index is 12.6. The van der Waals surface area contributed by atoms with Crippen LogP contribution in [-0.2, 0) is 4.79 Å². The number of aliphatic imine (C=N–C) groups is 1. The first-order valence-corrected chi connectivity index (χ1v) is 9.85. The molecule has 2 N–H and O–H groups in total. The fraction of sp³-hybridized carbons (Fsp3) is 0.895. The molecule has 0 bridgehead atoms. The van der Waals surface area contributed by atoms with Crippen molar-refractivity contribution >= 4 is 11.9 Å². The molecule has 1 aliphatic carbocycles. The van der Waals surface area contributed by atoms with Crippen LogP contribution in [0.5, 0.6) is 0 Å². The smallest absolute Gasteiger partial charge is 0.230 e. The molecule has 1 atom stereocenters. The number of hydrogen-bond donors (Lipinski definition) is 2. The molecule has 1 amide bonds. The first-order valence-electron chi connectivity index (χ1n) is 9.85. The molecule has 25 heavy (non-hydrogen) atoms. The number of amides is 1. The van der Waals surface area contributed by atoms with Crippen molar-refractivity contribution in [1.29, 1.82) is 0 Å². The first-order chi connectivity index (χ1) is 12.0. The van der Waals surface area contributed by atoms with E-state index in [0.717, 1.165) is 44.7 Å². The highest BCUT2D eigenvalue weighted by molar-refractivity contribution is 5.85. The second-order valence-electron chi connectivity index (χ2n) is 8.11. The Hall–Kier alpha value is -1.30. The standard InChI is InChI=1S/C19H37N5O/c1-16(14-24-11-7-8-12-24)13-21-18(20-2)22-15-19(9-5-6-10-19)17(25)23(3)4/h16H,5-15H2,1-4H3,(H2,20,21,22). The molecule has 144 valence electrons. The van der Waals surface area contributed by atoms with E-state index in [9.17, 15) is 4.79 Å². The number of hydrogen-bond acceptors (Lipinski definition) is 3. The van der Waals surface area contributed by atoms with E-state index in [1.165, 1.54) is 25.9 Å². The zero-order valence-corrected chi connectivity index (χ0v) is 16.6. The van der Waals surface area contributed by atoms with E-state index >= 15 is 0 Å². The Labute approximate surface area is 153 Å². The lowest BCUT2D eigenvalue weighted by Gasteiger charge is -2.31. The average Bonchev–Trinajstić information content (AvgIpc) is 3.26. The van der Waals surface area contributed by atoms with Gasteiger partial charge in [0.25, 0.3) is 0 Å². The largest absolute Gasteiger partial charge is 0.356 e. The number of guanidine groups is 1. The van der Waals surface area contributed by atoms with Crippen LogP contribution in [-0.4, -0.2) is 75.5 Å². The lowest BCUT2D eigenvalue weighted by atomic mass is 9.84. The Morgan fingerprint density at radius 1 is 1.16 bits per heavy atom. The Balaban J connectivity index is 1.79. The predicted octanol–water partition coefficient (Wildman–Crippen LogP) is 1.53. The number of carbonyl (C=O) groups is 1. The van der Waals surface area contributed by atoms with E-state index in [0.29, 0.717) is 12.5 Å². The third kappa shape index (κ3) is 5.59. The van der Waals surface area contributed by atoms with Gasteiger partial charge in [0, 0.05) is 40.8 Å². The molecule has 2 aliphatic rings. The van der Waals surface area contributed by atoms with Crippen molar-refractivity contribution in [2.45, 2.75) is 45.4 Å². The summed E-state index contributed by atoms with van der Waals surface area (Å²) >= 11 is 0. The van der Waals surface area contributed by atoms with Crippen LogP contribution >= 0.6 is 0 Å². The van der Waals surface area contributed by atoms with Crippen LogP contribution in [0.2, 0.25) is 0 Å². The molecule has 1 saturated carbocycles. The normalized spacial score (nSPS) is 22.0. The van der Waals surface area contributed by atoms with Crippen molar-refractivity contribution in [3.05, 3.63) is 0 Å². The molecule has 6 heteroatoms. The van der Waals surface area contributed by atoms with Crippen molar-refractivity contribution in [2.24, 2.45) is 16.3 Å². The Morgan fingerprint density at radius 3 is 2.36 bits per heavy atom. The van der Waals surface area contributed by atoms with Gasteiger partial charge in [-0.05, 0) is 44.7 Å². The van der Waals surface area contributed by atoms with E-state index in [1.807, 2.05) is 14.1 Å². The number of nitrogens with zero attached hydrogens (tertiary/aromatic N) is 3. The van der Waals surface area contributed by atoms with Gasteiger partial charge in [-0.25, -0.2) is 0 Å².